The minimum atomic E-state index is -1.59. The summed E-state index contributed by atoms with van der Waals surface area (Å²) in [5.41, 5.74) is 0.719. The van der Waals surface area contributed by atoms with Crippen molar-refractivity contribution in [3.05, 3.63) is 105 Å². The minimum absolute atomic E-state index is 0.283. The van der Waals surface area contributed by atoms with E-state index in [1.807, 2.05) is 48.5 Å². The largest absolute Gasteiger partial charge is 0.458 e. The number of ketones is 2. The van der Waals surface area contributed by atoms with Crippen LogP contribution in [0.4, 0.5) is 0 Å². The van der Waals surface area contributed by atoms with Gasteiger partial charge >= 0.3 is 5.97 Å². The van der Waals surface area contributed by atoms with Crippen LogP contribution < -0.4 is 0 Å². The van der Waals surface area contributed by atoms with Gasteiger partial charge in [-0.1, -0.05) is 76.6 Å². The van der Waals surface area contributed by atoms with Crippen LogP contribution in [-0.4, -0.2) is 40.4 Å². The molecule has 0 N–H and O–H groups in total. The van der Waals surface area contributed by atoms with E-state index in [2.05, 4.69) is 15.9 Å². The van der Waals surface area contributed by atoms with Crippen LogP contribution in [0.25, 0.3) is 0 Å². The van der Waals surface area contributed by atoms with E-state index >= 15 is 0 Å². The molecular weight excluding hydrogens is 532 g/mol. The van der Waals surface area contributed by atoms with Gasteiger partial charge in [-0.05, 0) is 49.6 Å². The molecule has 3 aromatic rings. The van der Waals surface area contributed by atoms with Crippen molar-refractivity contribution in [1.29, 1.82) is 0 Å². The number of carbonyl (C=O) groups excluding carboxylic acids is 3. The Bertz CT molecular complexity index is 1450. The predicted molar refractivity (Wildman–Crippen MR) is 143 cm³/mol. The number of Topliss-reactive ketones (excluding diaryl/α,β-unsaturated/α-hetero) is 2. The summed E-state index contributed by atoms with van der Waals surface area (Å²) in [6.07, 6.45) is 1.69. The molecule has 0 saturated carbocycles. The zero-order chi connectivity index (χ0) is 26.1. The smallest absolute Gasteiger partial charge is 0.331 e. The molecule has 3 atom stereocenters. The van der Waals surface area contributed by atoms with Crippen molar-refractivity contribution in [3.8, 4) is 0 Å². The van der Waals surface area contributed by atoms with Gasteiger partial charge in [0, 0.05) is 21.5 Å². The van der Waals surface area contributed by atoms with Gasteiger partial charge < -0.3 is 4.74 Å². The molecule has 3 aromatic carbocycles. The van der Waals surface area contributed by atoms with Gasteiger partial charge in [0.1, 0.15) is 11.0 Å². The first-order valence-corrected chi connectivity index (χ1v) is 13.0. The molecule has 186 valence electrons. The summed E-state index contributed by atoms with van der Waals surface area (Å²) in [4.78, 5) is 43.0. The lowest BCUT2D eigenvalue weighted by Crippen LogP contribution is -2.44. The first-order chi connectivity index (χ1) is 17.6. The number of hydrogen-bond acceptors (Lipinski definition) is 6. The lowest BCUT2D eigenvalue weighted by atomic mass is 9.63. The second-order valence-corrected chi connectivity index (χ2v) is 11.7. The average Bonchev–Trinajstić information content (AvgIpc) is 3.30. The SMILES string of the molecule is CC(C)(C)OC(=O)[C@@H]1[C@@H](c2ccc(Br)cc2)C2(C(=O)c3ccccc3C2=O)C2c3ccccc3C=NN21. The molecule has 6 nitrogen and oxygen atoms in total. The highest BCUT2D eigenvalue weighted by molar-refractivity contribution is 9.10. The Kier molecular flexibility index (Phi) is 5.28. The van der Waals surface area contributed by atoms with E-state index in [0.717, 1.165) is 15.6 Å². The molecule has 2 aliphatic heterocycles. The number of carbonyl (C=O) groups is 3. The summed E-state index contributed by atoms with van der Waals surface area (Å²) in [7, 11) is 0. The van der Waals surface area contributed by atoms with Gasteiger partial charge in [-0.2, -0.15) is 5.10 Å². The Balaban J connectivity index is 1.67. The van der Waals surface area contributed by atoms with E-state index in [9.17, 15) is 14.4 Å². The maximum absolute atomic E-state index is 14.5. The molecule has 2 heterocycles. The van der Waals surface area contributed by atoms with Gasteiger partial charge in [0.15, 0.2) is 17.6 Å². The van der Waals surface area contributed by atoms with Crippen molar-refractivity contribution >= 4 is 39.7 Å². The molecule has 1 saturated heterocycles. The van der Waals surface area contributed by atoms with Crippen LogP contribution in [0.2, 0.25) is 0 Å². The Morgan fingerprint density at radius 3 is 2.14 bits per heavy atom. The quantitative estimate of drug-likeness (QED) is 0.298. The third-order valence-corrected chi connectivity index (χ3v) is 7.98. The first kappa shape index (κ1) is 23.8. The van der Waals surface area contributed by atoms with E-state index in [0.29, 0.717) is 16.7 Å². The molecule has 37 heavy (non-hydrogen) atoms. The molecule has 1 aliphatic carbocycles. The molecule has 7 heteroatoms. The number of fused-ring (bicyclic) bond motifs is 5. The molecule has 1 spiro atoms. The summed E-state index contributed by atoms with van der Waals surface area (Å²) in [6.45, 7) is 5.41. The molecule has 0 amide bonds. The number of hydrazone groups is 1. The van der Waals surface area contributed by atoms with Gasteiger partial charge in [0.25, 0.3) is 0 Å². The average molecular weight is 557 g/mol. The number of halogens is 1. The van der Waals surface area contributed by atoms with E-state index in [1.165, 1.54) is 0 Å². The van der Waals surface area contributed by atoms with Gasteiger partial charge in [-0.3, -0.25) is 14.6 Å². The van der Waals surface area contributed by atoms with Crippen molar-refractivity contribution in [2.24, 2.45) is 10.5 Å². The van der Waals surface area contributed by atoms with Crippen molar-refractivity contribution < 1.29 is 19.1 Å². The van der Waals surface area contributed by atoms with Crippen molar-refractivity contribution in [1.82, 2.24) is 5.01 Å². The van der Waals surface area contributed by atoms with E-state index in [4.69, 9.17) is 9.84 Å². The van der Waals surface area contributed by atoms with Crippen LogP contribution in [0.5, 0.6) is 0 Å². The van der Waals surface area contributed by atoms with Crippen LogP contribution in [-0.2, 0) is 9.53 Å². The number of rotatable bonds is 2. The zero-order valence-electron chi connectivity index (χ0n) is 20.6. The Morgan fingerprint density at radius 2 is 1.51 bits per heavy atom. The summed E-state index contributed by atoms with van der Waals surface area (Å²) in [5, 5.41) is 6.35. The number of nitrogens with zero attached hydrogens (tertiary/aromatic N) is 2. The van der Waals surface area contributed by atoms with Gasteiger partial charge in [-0.25, -0.2) is 4.79 Å². The van der Waals surface area contributed by atoms with Crippen LogP contribution in [0.15, 0.2) is 82.4 Å². The number of ether oxygens (including phenoxy) is 1. The lowest BCUT2D eigenvalue weighted by molar-refractivity contribution is -0.161. The summed E-state index contributed by atoms with van der Waals surface area (Å²) < 4.78 is 6.75. The fourth-order valence-corrected chi connectivity index (χ4v) is 6.42. The summed E-state index contributed by atoms with van der Waals surface area (Å²) in [6, 6.07) is 20.2. The Hall–Kier alpha value is -3.58. The Labute approximate surface area is 223 Å². The van der Waals surface area contributed by atoms with Gasteiger partial charge in [0.05, 0.1) is 12.3 Å². The third-order valence-electron chi connectivity index (χ3n) is 7.45. The van der Waals surface area contributed by atoms with Crippen LogP contribution >= 0.6 is 15.9 Å². The van der Waals surface area contributed by atoms with E-state index < -0.39 is 35.0 Å². The first-order valence-electron chi connectivity index (χ1n) is 12.2. The molecule has 0 radical (unpaired) electrons. The highest BCUT2D eigenvalue weighted by atomic mass is 79.9. The lowest BCUT2D eigenvalue weighted by Gasteiger charge is -2.36. The Morgan fingerprint density at radius 1 is 0.919 bits per heavy atom. The second-order valence-electron chi connectivity index (χ2n) is 10.7. The van der Waals surface area contributed by atoms with Crippen LogP contribution in [0.1, 0.15) is 70.1 Å². The third kappa shape index (κ3) is 3.37. The minimum Gasteiger partial charge on any atom is -0.458 e. The van der Waals surface area contributed by atoms with Gasteiger partial charge in [-0.15, -0.1) is 0 Å². The number of benzene rings is 3. The molecule has 1 fully saturated rings. The number of esters is 1. The highest BCUT2D eigenvalue weighted by Crippen LogP contribution is 2.64. The molecule has 1 unspecified atom stereocenters. The maximum atomic E-state index is 14.5. The second kappa shape index (κ2) is 8.21. The summed E-state index contributed by atoms with van der Waals surface area (Å²) >= 11 is 3.48. The molecular formula is C30H25BrN2O4. The van der Waals surface area contributed by atoms with Crippen molar-refractivity contribution in [2.75, 3.05) is 0 Å². The van der Waals surface area contributed by atoms with E-state index in [-0.39, 0.29) is 11.6 Å². The van der Waals surface area contributed by atoms with Crippen LogP contribution in [0.3, 0.4) is 0 Å². The molecule has 3 aliphatic rings. The molecule has 0 bridgehead atoms. The fraction of sp³-hybridized carbons (Fsp3) is 0.267. The van der Waals surface area contributed by atoms with Crippen LogP contribution in [0, 0.1) is 5.41 Å². The highest BCUT2D eigenvalue weighted by Gasteiger charge is 2.73. The van der Waals surface area contributed by atoms with E-state index in [1.54, 1.807) is 56.3 Å². The standard InChI is InChI=1S/C30H25BrN2O4/c1-29(2,3)37-28(36)24-23(17-12-14-19(31)15-13-17)30(26(34)21-10-6-7-11-22(21)27(30)35)25-20-9-5-4-8-18(20)16-32-33(24)25/h4-16,23-25H,1-3H3/t23-,24+,25?/m1/s1. The molecule has 0 aromatic heterocycles. The topological polar surface area (TPSA) is 76.0 Å². The summed E-state index contributed by atoms with van der Waals surface area (Å²) in [5.74, 6) is -1.91. The number of hydrogen-bond donors (Lipinski definition) is 0. The monoisotopic (exact) mass is 556 g/mol. The normalized spacial score (nSPS) is 23.1. The maximum Gasteiger partial charge on any atom is 0.331 e. The molecule has 6 rings (SSSR count). The van der Waals surface area contributed by atoms with Crippen molar-refractivity contribution in [3.63, 3.8) is 0 Å². The van der Waals surface area contributed by atoms with Gasteiger partial charge in [0.2, 0.25) is 0 Å². The predicted octanol–water partition coefficient (Wildman–Crippen LogP) is 5.71. The van der Waals surface area contributed by atoms with Crippen molar-refractivity contribution in [2.45, 2.75) is 44.4 Å². The zero-order valence-corrected chi connectivity index (χ0v) is 22.2. The fourth-order valence-electron chi connectivity index (χ4n) is 6.15.